The van der Waals surface area contributed by atoms with Crippen molar-refractivity contribution in [2.75, 3.05) is 17.6 Å². The summed E-state index contributed by atoms with van der Waals surface area (Å²) in [7, 11) is 0. The smallest absolute Gasteiger partial charge is 0.206 e. The maximum atomic E-state index is 12.7. The molecule has 0 amide bonds. The van der Waals surface area contributed by atoms with Gasteiger partial charge in [0.25, 0.3) is 0 Å². The summed E-state index contributed by atoms with van der Waals surface area (Å²) in [6.45, 7) is 7.37. The average Bonchev–Trinajstić information content (AvgIpc) is 3.26. The molecule has 1 aromatic carbocycles. The van der Waals surface area contributed by atoms with Crippen LogP contribution in [0.25, 0.3) is 10.9 Å². The topological polar surface area (TPSA) is 70.7 Å². The van der Waals surface area contributed by atoms with E-state index >= 15 is 0 Å². The van der Waals surface area contributed by atoms with Gasteiger partial charge in [-0.25, -0.2) is 0 Å². The average molecular weight is 403 g/mol. The van der Waals surface area contributed by atoms with Gasteiger partial charge in [-0.3, -0.25) is 4.79 Å². The van der Waals surface area contributed by atoms with Crippen LogP contribution in [0.3, 0.4) is 0 Å². The van der Waals surface area contributed by atoms with E-state index in [-0.39, 0.29) is 5.78 Å². The lowest BCUT2D eigenvalue weighted by Gasteiger charge is -2.07. The number of fused-ring (bicyclic) bond motifs is 1. The number of hydrogen-bond donors (Lipinski definition) is 2. The van der Waals surface area contributed by atoms with Gasteiger partial charge in [-0.1, -0.05) is 61.6 Å². The first-order chi connectivity index (χ1) is 13.1. The first-order valence-electron chi connectivity index (χ1n) is 9.39. The van der Waals surface area contributed by atoms with Gasteiger partial charge in [-0.15, -0.1) is 10.2 Å². The normalized spacial score (nSPS) is 12.4. The zero-order valence-electron chi connectivity index (χ0n) is 16.0. The van der Waals surface area contributed by atoms with Crippen molar-refractivity contribution in [1.29, 1.82) is 0 Å². The van der Waals surface area contributed by atoms with E-state index in [0.717, 1.165) is 50.5 Å². The highest BCUT2D eigenvalue weighted by molar-refractivity contribution is 8.01. The first-order valence-corrected chi connectivity index (χ1v) is 11.2. The van der Waals surface area contributed by atoms with Gasteiger partial charge in [-0.2, -0.15) is 0 Å². The van der Waals surface area contributed by atoms with Gasteiger partial charge in [0.15, 0.2) is 10.1 Å². The SMILES string of the molecule is CC[C@H](C)CCCNc1nnc(SCC(=O)c2c(C)[nH]c3ccccc23)s1. The Balaban J connectivity index is 1.52. The van der Waals surface area contributed by atoms with E-state index in [1.54, 1.807) is 0 Å². The number of aromatic nitrogens is 3. The van der Waals surface area contributed by atoms with Gasteiger partial charge in [-0.05, 0) is 31.7 Å². The third-order valence-corrected chi connectivity index (χ3v) is 6.77. The Kier molecular flexibility index (Phi) is 6.90. The minimum Gasteiger partial charge on any atom is -0.360 e. The summed E-state index contributed by atoms with van der Waals surface area (Å²) in [5, 5.41) is 13.5. The molecule has 0 saturated carbocycles. The molecule has 0 aliphatic carbocycles. The molecular formula is C20H26N4OS2. The summed E-state index contributed by atoms with van der Waals surface area (Å²) in [5.74, 6) is 1.25. The molecule has 27 heavy (non-hydrogen) atoms. The molecule has 0 aliphatic rings. The van der Waals surface area contributed by atoms with Crippen molar-refractivity contribution in [2.24, 2.45) is 5.92 Å². The molecule has 144 valence electrons. The van der Waals surface area contributed by atoms with E-state index < -0.39 is 0 Å². The summed E-state index contributed by atoms with van der Waals surface area (Å²) < 4.78 is 0.824. The Morgan fingerprint density at radius 1 is 1.33 bits per heavy atom. The van der Waals surface area contributed by atoms with Crippen molar-refractivity contribution >= 4 is 44.9 Å². The fraction of sp³-hybridized carbons (Fsp3) is 0.450. The van der Waals surface area contributed by atoms with Gasteiger partial charge in [0.05, 0.1) is 5.75 Å². The van der Waals surface area contributed by atoms with E-state index in [9.17, 15) is 4.79 Å². The quantitative estimate of drug-likeness (QED) is 0.265. The van der Waals surface area contributed by atoms with E-state index in [1.807, 2.05) is 31.2 Å². The fourth-order valence-corrected chi connectivity index (χ4v) is 4.67. The first kappa shape index (κ1) is 19.9. The number of hydrogen-bond acceptors (Lipinski definition) is 6. The van der Waals surface area contributed by atoms with Crippen LogP contribution in [0.4, 0.5) is 5.13 Å². The Morgan fingerprint density at radius 2 is 2.15 bits per heavy atom. The number of aryl methyl sites for hydroxylation is 1. The molecule has 0 aliphatic heterocycles. The van der Waals surface area contributed by atoms with Crippen molar-refractivity contribution in [1.82, 2.24) is 15.2 Å². The van der Waals surface area contributed by atoms with E-state index in [2.05, 4.69) is 34.3 Å². The molecule has 2 N–H and O–H groups in total. The molecule has 7 heteroatoms. The van der Waals surface area contributed by atoms with Crippen molar-refractivity contribution in [2.45, 2.75) is 44.4 Å². The van der Waals surface area contributed by atoms with Crippen LogP contribution in [-0.2, 0) is 0 Å². The highest BCUT2D eigenvalue weighted by Crippen LogP contribution is 2.28. The van der Waals surface area contributed by atoms with Gasteiger partial charge in [0.2, 0.25) is 5.13 Å². The van der Waals surface area contributed by atoms with Gasteiger partial charge < -0.3 is 10.3 Å². The molecule has 0 unspecified atom stereocenters. The largest absolute Gasteiger partial charge is 0.360 e. The lowest BCUT2D eigenvalue weighted by Crippen LogP contribution is -2.03. The van der Waals surface area contributed by atoms with Crippen molar-refractivity contribution < 1.29 is 4.79 Å². The number of anilines is 1. The number of Topliss-reactive ketones (excluding diaryl/α,β-unsaturated/α-hetero) is 1. The fourth-order valence-electron chi connectivity index (χ4n) is 3.02. The van der Waals surface area contributed by atoms with Gasteiger partial charge in [0.1, 0.15) is 0 Å². The number of rotatable bonds is 10. The van der Waals surface area contributed by atoms with Crippen molar-refractivity contribution in [3.63, 3.8) is 0 Å². The second kappa shape index (κ2) is 9.37. The number of aromatic amines is 1. The highest BCUT2D eigenvalue weighted by atomic mass is 32.2. The molecule has 0 fully saturated rings. The molecular weight excluding hydrogens is 376 g/mol. The third-order valence-electron chi connectivity index (χ3n) is 4.75. The number of ketones is 1. The molecule has 0 radical (unpaired) electrons. The number of carbonyl (C=O) groups excluding carboxylic acids is 1. The second-order valence-corrected chi connectivity index (χ2v) is 9.04. The monoisotopic (exact) mass is 402 g/mol. The van der Waals surface area contributed by atoms with Crippen molar-refractivity contribution in [3.05, 3.63) is 35.5 Å². The zero-order valence-corrected chi connectivity index (χ0v) is 17.7. The molecule has 3 rings (SSSR count). The molecule has 2 aromatic heterocycles. The molecule has 0 spiro atoms. The Labute approximate surface area is 168 Å². The van der Waals surface area contributed by atoms with Crippen LogP contribution < -0.4 is 5.32 Å². The van der Waals surface area contributed by atoms with E-state index in [4.69, 9.17) is 0 Å². The van der Waals surface area contributed by atoms with Crippen LogP contribution in [0.15, 0.2) is 28.6 Å². The number of carbonyl (C=O) groups is 1. The van der Waals surface area contributed by atoms with Crippen LogP contribution in [0, 0.1) is 12.8 Å². The molecule has 0 bridgehead atoms. The maximum Gasteiger partial charge on any atom is 0.206 e. The maximum absolute atomic E-state index is 12.7. The lowest BCUT2D eigenvalue weighted by molar-refractivity contribution is 0.102. The van der Waals surface area contributed by atoms with Gasteiger partial charge in [0, 0.05) is 28.7 Å². The summed E-state index contributed by atoms with van der Waals surface area (Å²) in [6, 6.07) is 7.92. The van der Waals surface area contributed by atoms with E-state index in [1.165, 1.54) is 35.9 Å². The number of nitrogens with one attached hydrogen (secondary N) is 2. The number of nitrogens with zero attached hydrogens (tertiary/aromatic N) is 2. The van der Waals surface area contributed by atoms with Crippen molar-refractivity contribution in [3.8, 4) is 0 Å². The highest BCUT2D eigenvalue weighted by Gasteiger charge is 2.17. The molecule has 0 saturated heterocycles. The minimum absolute atomic E-state index is 0.119. The Hall–Kier alpha value is -1.86. The number of benzene rings is 1. The Bertz CT molecular complexity index is 902. The zero-order chi connectivity index (χ0) is 19.2. The molecule has 1 atom stereocenters. The van der Waals surface area contributed by atoms with Crippen LogP contribution in [0.2, 0.25) is 0 Å². The van der Waals surface area contributed by atoms with E-state index in [0.29, 0.717) is 5.75 Å². The number of H-pyrrole nitrogens is 1. The number of thioether (sulfide) groups is 1. The predicted molar refractivity (Wildman–Crippen MR) is 115 cm³/mol. The lowest BCUT2D eigenvalue weighted by atomic mass is 10.0. The summed E-state index contributed by atoms with van der Waals surface area (Å²) in [6.07, 6.45) is 3.58. The van der Waals surface area contributed by atoms with Crippen LogP contribution in [0.5, 0.6) is 0 Å². The Morgan fingerprint density at radius 3 is 2.96 bits per heavy atom. The summed E-state index contributed by atoms with van der Waals surface area (Å²) >= 11 is 2.97. The molecule has 5 nitrogen and oxygen atoms in total. The molecule has 3 aromatic rings. The van der Waals surface area contributed by atoms with Crippen LogP contribution >= 0.6 is 23.1 Å². The predicted octanol–water partition coefficient (Wildman–Crippen LogP) is 5.54. The summed E-state index contributed by atoms with van der Waals surface area (Å²) in [4.78, 5) is 16.0. The third kappa shape index (κ3) is 5.11. The summed E-state index contributed by atoms with van der Waals surface area (Å²) in [5.41, 5.74) is 2.71. The van der Waals surface area contributed by atoms with Gasteiger partial charge >= 0.3 is 0 Å². The van der Waals surface area contributed by atoms with Crippen LogP contribution in [-0.4, -0.2) is 33.3 Å². The van der Waals surface area contributed by atoms with Crippen LogP contribution in [0.1, 0.15) is 49.2 Å². The molecule has 2 heterocycles. The second-order valence-electron chi connectivity index (χ2n) is 6.84. The standard InChI is InChI=1S/C20H26N4OS2/c1-4-13(2)8-7-11-21-19-23-24-20(27-19)26-12-17(25)18-14(3)22-16-10-6-5-9-15(16)18/h5-6,9-10,13,22H,4,7-8,11-12H2,1-3H3,(H,21,23)/t13-/m0/s1. The minimum atomic E-state index is 0.119. The number of para-hydroxylation sites is 1.